The van der Waals surface area contributed by atoms with Gasteiger partial charge in [-0.1, -0.05) is 0 Å². The molecule has 2 aliphatic heterocycles. The van der Waals surface area contributed by atoms with E-state index < -0.39 is 0 Å². The first-order valence-electron chi connectivity index (χ1n) is 5.35. The third-order valence-corrected chi connectivity index (χ3v) is 3.63. The molecule has 0 aliphatic carbocycles. The molecule has 2 heteroatoms. The molecular formula is C11H22N2. The standard InChI is InChI=1S/C11H22N2/c1-10(2,3)13-8-11(9-13)5-6-12(4)7-11/h5-9H2,1-4H3. The van der Waals surface area contributed by atoms with Gasteiger partial charge in [-0.3, -0.25) is 4.90 Å². The van der Waals surface area contributed by atoms with Gasteiger partial charge in [0, 0.05) is 30.6 Å². The predicted octanol–water partition coefficient (Wildman–Crippen LogP) is 1.42. The first-order chi connectivity index (χ1) is 5.91. The zero-order chi connectivity index (χ0) is 9.69. The molecule has 0 bridgehead atoms. The molecule has 13 heavy (non-hydrogen) atoms. The average molecular weight is 182 g/mol. The highest BCUT2D eigenvalue weighted by atomic mass is 15.3. The molecule has 2 fully saturated rings. The molecular weight excluding hydrogens is 160 g/mol. The molecule has 2 aliphatic rings. The van der Waals surface area contributed by atoms with Gasteiger partial charge < -0.3 is 4.90 Å². The smallest absolute Gasteiger partial charge is 0.0125 e. The number of likely N-dealkylation sites (tertiary alicyclic amines) is 2. The summed E-state index contributed by atoms with van der Waals surface area (Å²) < 4.78 is 0. The van der Waals surface area contributed by atoms with Crippen LogP contribution in [0.1, 0.15) is 27.2 Å². The van der Waals surface area contributed by atoms with Crippen molar-refractivity contribution in [2.45, 2.75) is 32.7 Å². The van der Waals surface area contributed by atoms with Crippen LogP contribution in [0.5, 0.6) is 0 Å². The van der Waals surface area contributed by atoms with E-state index in [1.807, 2.05) is 0 Å². The van der Waals surface area contributed by atoms with E-state index in [4.69, 9.17) is 0 Å². The van der Waals surface area contributed by atoms with Crippen molar-refractivity contribution in [2.75, 3.05) is 33.2 Å². The lowest BCUT2D eigenvalue weighted by Crippen LogP contribution is -2.63. The van der Waals surface area contributed by atoms with E-state index in [1.54, 1.807) is 0 Å². The van der Waals surface area contributed by atoms with Crippen LogP contribution in [0.15, 0.2) is 0 Å². The zero-order valence-electron chi connectivity index (χ0n) is 9.43. The maximum Gasteiger partial charge on any atom is 0.0125 e. The average Bonchev–Trinajstić information content (AvgIpc) is 2.25. The zero-order valence-corrected chi connectivity index (χ0v) is 9.43. The summed E-state index contributed by atoms with van der Waals surface area (Å²) >= 11 is 0. The number of nitrogens with zero attached hydrogens (tertiary/aromatic N) is 2. The van der Waals surface area contributed by atoms with Gasteiger partial charge in [-0.25, -0.2) is 0 Å². The Balaban J connectivity index is 1.91. The molecule has 0 aromatic rings. The van der Waals surface area contributed by atoms with Crippen molar-refractivity contribution in [1.82, 2.24) is 9.80 Å². The fourth-order valence-electron chi connectivity index (χ4n) is 2.65. The minimum Gasteiger partial charge on any atom is -0.306 e. The van der Waals surface area contributed by atoms with Crippen LogP contribution in [0, 0.1) is 5.41 Å². The Bertz CT molecular complexity index is 199. The first-order valence-corrected chi connectivity index (χ1v) is 5.35. The van der Waals surface area contributed by atoms with E-state index >= 15 is 0 Å². The van der Waals surface area contributed by atoms with Gasteiger partial charge in [-0.15, -0.1) is 0 Å². The van der Waals surface area contributed by atoms with Gasteiger partial charge in [0.1, 0.15) is 0 Å². The Morgan fingerprint density at radius 1 is 1.08 bits per heavy atom. The van der Waals surface area contributed by atoms with Crippen molar-refractivity contribution in [2.24, 2.45) is 5.41 Å². The summed E-state index contributed by atoms with van der Waals surface area (Å²) in [6, 6.07) is 0. The number of hydrogen-bond acceptors (Lipinski definition) is 2. The molecule has 2 heterocycles. The molecule has 2 saturated heterocycles. The monoisotopic (exact) mass is 182 g/mol. The van der Waals surface area contributed by atoms with Crippen LogP contribution < -0.4 is 0 Å². The molecule has 0 N–H and O–H groups in total. The van der Waals surface area contributed by atoms with Crippen LogP contribution in [-0.2, 0) is 0 Å². The molecule has 76 valence electrons. The lowest BCUT2D eigenvalue weighted by molar-refractivity contribution is -0.0510. The number of rotatable bonds is 0. The minimum atomic E-state index is 0.381. The van der Waals surface area contributed by atoms with Crippen LogP contribution in [0.3, 0.4) is 0 Å². The van der Waals surface area contributed by atoms with Gasteiger partial charge in [0.05, 0.1) is 0 Å². The Hall–Kier alpha value is -0.0800. The van der Waals surface area contributed by atoms with E-state index in [1.165, 1.54) is 32.6 Å². The van der Waals surface area contributed by atoms with Crippen molar-refractivity contribution >= 4 is 0 Å². The highest BCUT2D eigenvalue weighted by Crippen LogP contribution is 2.41. The minimum absolute atomic E-state index is 0.381. The van der Waals surface area contributed by atoms with Crippen LogP contribution >= 0.6 is 0 Å². The van der Waals surface area contributed by atoms with E-state index in [0.29, 0.717) is 11.0 Å². The molecule has 0 saturated carbocycles. The topological polar surface area (TPSA) is 6.48 Å². The van der Waals surface area contributed by atoms with Gasteiger partial charge in [0.15, 0.2) is 0 Å². The van der Waals surface area contributed by atoms with Crippen molar-refractivity contribution < 1.29 is 0 Å². The quantitative estimate of drug-likeness (QED) is 0.559. The SMILES string of the molecule is CN1CCC2(C1)CN(C(C)(C)C)C2. The van der Waals surface area contributed by atoms with Crippen LogP contribution in [0.25, 0.3) is 0 Å². The van der Waals surface area contributed by atoms with E-state index in [2.05, 4.69) is 37.6 Å². The second-order valence-electron chi connectivity index (χ2n) is 6.01. The summed E-state index contributed by atoms with van der Waals surface area (Å²) in [6.45, 7) is 12.2. The third kappa shape index (κ3) is 1.62. The van der Waals surface area contributed by atoms with Gasteiger partial charge in [-0.2, -0.15) is 0 Å². The van der Waals surface area contributed by atoms with Crippen molar-refractivity contribution in [3.05, 3.63) is 0 Å². The summed E-state index contributed by atoms with van der Waals surface area (Å²) in [5.41, 5.74) is 1.05. The van der Waals surface area contributed by atoms with Gasteiger partial charge >= 0.3 is 0 Å². The summed E-state index contributed by atoms with van der Waals surface area (Å²) in [4.78, 5) is 5.08. The molecule has 1 spiro atoms. The molecule has 2 nitrogen and oxygen atoms in total. The highest BCUT2D eigenvalue weighted by Gasteiger charge is 2.49. The third-order valence-electron chi connectivity index (χ3n) is 3.63. The summed E-state index contributed by atoms with van der Waals surface area (Å²) in [6.07, 6.45) is 1.41. The van der Waals surface area contributed by atoms with Crippen LogP contribution in [-0.4, -0.2) is 48.6 Å². The van der Waals surface area contributed by atoms with Crippen LogP contribution in [0.4, 0.5) is 0 Å². The molecule has 0 radical (unpaired) electrons. The second-order valence-corrected chi connectivity index (χ2v) is 6.01. The van der Waals surface area contributed by atoms with E-state index in [0.717, 1.165) is 0 Å². The normalized spacial score (nSPS) is 29.5. The maximum atomic E-state index is 2.60. The van der Waals surface area contributed by atoms with E-state index in [-0.39, 0.29) is 0 Å². The van der Waals surface area contributed by atoms with E-state index in [9.17, 15) is 0 Å². The van der Waals surface area contributed by atoms with Gasteiger partial charge in [0.2, 0.25) is 0 Å². The van der Waals surface area contributed by atoms with Crippen molar-refractivity contribution in [3.63, 3.8) is 0 Å². The molecule has 0 amide bonds. The van der Waals surface area contributed by atoms with Gasteiger partial charge in [-0.05, 0) is 40.8 Å². The highest BCUT2D eigenvalue weighted by molar-refractivity contribution is 5.03. The largest absolute Gasteiger partial charge is 0.306 e. The van der Waals surface area contributed by atoms with Crippen molar-refractivity contribution in [3.8, 4) is 0 Å². The molecule has 0 aromatic heterocycles. The maximum absolute atomic E-state index is 2.60. The molecule has 2 rings (SSSR count). The molecule has 0 aromatic carbocycles. The summed E-state index contributed by atoms with van der Waals surface area (Å²) in [7, 11) is 2.24. The summed E-state index contributed by atoms with van der Waals surface area (Å²) in [5.74, 6) is 0. The second kappa shape index (κ2) is 2.71. The first kappa shape index (κ1) is 9.47. The predicted molar refractivity (Wildman–Crippen MR) is 55.9 cm³/mol. The summed E-state index contributed by atoms with van der Waals surface area (Å²) in [5, 5.41) is 0. The molecule has 0 atom stereocenters. The van der Waals surface area contributed by atoms with Crippen molar-refractivity contribution in [1.29, 1.82) is 0 Å². The fourth-order valence-corrected chi connectivity index (χ4v) is 2.65. The van der Waals surface area contributed by atoms with Crippen LogP contribution in [0.2, 0.25) is 0 Å². The Labute approximate surface area is 81.9 Å². The molecule has 0 unspecified atom stereocenters. The fraction of sp³-hybridized carbons (Fsp3) is 1.00. The lowest BCUT2D eigenvalue weighted by atomic mass is 9.76. The van der Waals surface area contributed by atoms with Gasteiger partial charge in [0.25, 0.3) is 0 Å². The Kier molecular flexibility index (Phi) is 1.97. The number of hydrogen-bond donors (Lipinski definition) is 0. The Morgan fingerprint density at radius 3 is 2.08 bits per heavy atom. The Morgan fingerprint density at radius 2 is 1.69 bits per heavy atom. The lowest BCUT2D eigenvalue weighted by Gasteiger charge is -2.54.